The van der Waals surface area contributed by atoms with Gasteiger partial charge in [-0.2, -0.15) is 0 Å². The van der Waals surface area contributed by atoms with Gasteiger partial charge in [0.05, 0.1) is 0 Å². The zero-order valence-corrected chi connectivity index (χ0v) is 13.0. The zero-order valence-electron chi connectivity index (χ0n) is 10.9. The molecule has 1 rings (SSSR count). The van der Waals surface area contributed by atoms with Crippen LogP contribution in [0.25, 0.3) is 0 Å². The van der Waals surface area contributed by atoms with Crippen LogP contribution in [-0.4, -0.2) is 18.2 Å². The van der Waals surface area contributed by atoms with Gasteiger partial charge in [0.25, 0.3) is 0 Å². The first kappa shape index (κ1) is 15.2. The number of hydrogen-bond acceptors (Lipinski definition) is 3. The van der Waals surface area contributed by atoms with Crippen LogP contribution in [0.4, 0.5) is 4.79 Å². The van der Waals surface area contributed by atoms with Crippen LogP contribution in [0.5, 0.6) is 0 Å². The molecule has 0 aliphatic heterocycles. The van der Waals surface area contributed by atoms with Crippen molar-refractivity contribution < 1.29 is 9.53 Å². The molecule has 0 saturated heterocycles. The molecule has 1 aromatic rings. The lowest BCUT2D eigenvalue weighted by Crippen LogP contribution is -2.36. The molecule has 0 radical (unpaired) electrons. The van der Waals surface area contributed by atoms with Crippen molar-refractivity contribution >= 4 is 28.7 Å². The molecule has 1 aromatic carbocycles. The van der Waals surface area contributed by atoms with Gasteiger partial charge in [0.2, 0.25) is 0 Å². The van der Waals surface area contributed by atoms with Crippen LogP contribution in [0.1, 0.15) is 32.4 Å². The number of nitrogens with two attached hydrogens (primary N) is 1. The number of hydrogen-bond donors (Lipinski definition) is 2. The molecule has 3 N–H and O–H groups in total. The van der Waals surface area contributed by atoms with Gasteiger partial charge in [-0.3, -0.25) is 0 Å². The molecule has 0 bridgehead atoms. The van der Waals surface area contributed by atoms with Gasteiger partial charge in [-0.15, -0.1) is 0 Å². The Morgan fingerprint density at radius 2 is 2.17 bits per heavy atom. The summed E-state index contributed by atoms with van der Waals surface area (Å²) in [6, 6.07) is 7.67. The van der Waals surface area contributed by atoms with E-state index in [1.165, 1.54) is 0 Å². The Bertz CT molecular complexity index is 416. The topological polar surface area (TPSA) is 64.3 Å². The Kier molecular flexibility index (Phi) is 5.40. The molecule has 0 saturated carbocycles. The molecule has 1 amide bonds. The lowest BCUT2D eigenvalue weighted by atomic mass is 10.1. The van der Waals surface area contributed by atoms with Gasteiger partial charge in [-0.25, -0.2) is 4.79 Å². The van der Waals surface area contributed by atoms with E-state index < -0.39 is 11.7 Å². The summed E-state index contributed by atoms with van der Waals surface area (Å²) in [7, 11) is 0. The predicted octanol–water partition coefficient (Wildman–Crippen LogP) is 2.82. The lowest BCUT2D eigenvalue weighted by molar-refractivity contribution is 0.0524. The Balaban J connectivity index is 2.46. The smallest absolute Gasteiger partial charge is 0.407 e. The van der Waals surface area contributed by atoms with Crippen molar-refractivity contribution in [2.45, 2.75) is 32.4 Å². The van der Waals surface area contributed by atoms with Crippen LogP contribution in [0, 0.1) is 3.57 Å². The molecule has 1 atom stereocenters. The van der Waals surface area contributed by atoms with Crippen molar-refractivity contribution in [1.82, 2.24) is 5.32 Å². The van der Waals surface area contributed by atoms with E-state index in [2.05, 4.69) is 27.9 Å². The Hall–Kier alpha value is -0.820. The third-order valence-corrected chi connectivity index (χ3v) is 2.81. The zero-order chi connectivity index (χ0) is 13.8. The summed E-state index contributed by atoms with van der Waals surface area (Å²) in [5.74, 6) is 0. The third-order valence-electron chi connectivity index (χ3n) is 2.14. The highest BCUT2D eigenvalue weighted by Gasteiger charge is 2.16. The third kappa shape index (κ3) is 5.68. The van der Waals surface area contributed by atoms with Crippen molar-refractivity contribution in [2.75, 3.05) is 6.54 Å². The number of rotatable bonds is 3. The number of benzene rings is 1. The fraction of sp³-hybridized carbons (Fsp3) is 0.462. The average molecular weight is 362 g/mol. The molecule has 100 valence electrons. The monoisotopic (exact) mass is 362 g/mol. The maximum atomic E-state index is 11.5. The van der Waals surface area contributed by atoms with E-state index in [0.29, 0.717) is 6.54 Å². The van der Waals surface area contributed by atoms with E-state index in [1.807, 2.05) is 45.0 Å². The molecule has 0 aromatic heterocycles. The standard InChI is InChI=1S/C13H19IN2O2/c1-13(2,3)18-12(17)16-8-11(15)9-5-4-6-10(14)7-9/h4-7,11H,8,15H2,1-3H3,(H,16,17)/t11-/m1/s1. The van der Waals surface area contributed by atoms with Crippen molar-refractivity contribution in [3.63, 3.8) is 0 Å². The highest BCUT2D eigenvalue weighted by Crippen LogP contribution is 2.13. The normalized spacial score (nSPS) is 12.9. The molecule has 0 aliphatic carbocycles. The van der Waals surface area contributed by atoms with E-state index >= 15 is 0 Å². The largest absolute Gasteiger partial charge is 0.444 e. The maximum absolute atomic E-state index is 11.5. The fourth-order valence-corrected chi connectivity index (χ4v) is 1.93. The molecule has 0 unspecified atom stereocenters. The van der Waals surface area contributed by atoms with Crippen LogP contribution >= 0.6 is 22.6 Å². The molecule has 4 nitrogen and oxygen atoms in total. The van der Waals surface area contributed by atoms with Crippen molar-refractivity contribution in [3.05, 3.63) is 33.4 Å². The maximum Gasteiger partial charge on any atom is 0.407 e. The van der Waals surface area contributed by atoms with E-state index in [0.717, 1.165) is 9.13 Å². The minimum Gasteiger partial charge on any atom is -0.444 e. The number of ether oxygens (including phenoxy) is 1. The van der Waals surface area contributed by atoms with Gasteiger partial charge in [-0.1, -0.05) is 12.1 Å². The number of nitrogens with one attached hydrogen (secondary N) is 1. The first-order valence-electron chi connectivity index (χ1n) is 5.76. The molecule has 18 heavy (non-hydrogen) atoms. The van der Waals surface area contributed by atoms with Crippen LogP contribution in [0.3, 0.4) is 0 Å². The summed E-state index contributed by atoms with van der Waals surface area (Å²) in [5.41, 5.74) is 6.51. The fourth-order valence-electron chi connectivity index (χ4n) is 1.36. The molecule has 5 heteroatoms. The summed E-state index contributed by atoms with van der Waals surface area (Å²) in [4.78, 5) is 11.5. The van der Waals surface area contributed by atoms with Crippen molar-refractivity contribution in [3.8, 4) is 0 Å². The van der Waals surface area contributed by atoms with Crippen LogP contribution < -0.4 is 11.1 Å². The van der Waals surface area contributed by atoms with Gasteiger partial charge in [0.15, 0.2) is 0 Å². The second-order valence-electron chi connectivity index (χ2n) is 5.04. The Morgan fingerprint density at radius 1 is 1.50 bits per heavy atom. The molecule has 0 aliphatic rings. The van der Waals surface area contributed by atoms with Crippen molar-refractivity contribution in [1.29, 1.82) is 0 Å². The second-order valence-corrected chi connectivity index (χ2v) is 6.29. The molecule has 0 heterocycles. The van der Waals surface area contributed by atoms with Gasteiger partial charge in [0.1, 0.15) is 5.60 Å². The lowest BCUT2D eigenvalue weighted by Gasteiger charge is -2.21. The number of alkyl carbamates (subject to hydrolysis) is 1. The minimum atomic E-state index is -0.490. The van der Waals surface area contributed by atoms with E-state index in [-0.39, 0.29) is 6.04 Å². The van der Waals surface area contributed by atoms with E-state index in [9.17, 15) is 4.79 Å². The summed E-state index contributed by atoms with van der Waals surface area (Å²) >= 11 is 2.23. The van der Waals surface area contributed by atoms with Crippen LogP contribution in [-0.2, 0) is 4.74 Å². The quantitative estimate of drug-likeness (QED) is 0.813. The average Bonchev–Trinajstić information content (AvgIpc) is 2.23. The highest BCUT2D eigenvalue weighted by atomic mass is 127. The summed E-state index contributed by atoms with van der Waals surface area (Å²) in [5, 5.41) is 2.67. The Labute approximate surface area is 121 Å². The van der Waals surface area contributed by atoms with Gasteiger partial charge >= 0.3 is 6.09 Å². The van der Waals surface area contributed by atoms with Gasteiger partial charge < -0.3 is 15.8 Å². The van der Waals surface area contributed by atoms with Crippen LogP contribution in [0.15, 0.2) is 24.3 Å². The number of halogens is 1. The van der Waals surface area contributed by atoms with Crippen LogP contribution in [0.2, 0.25) is 0 Å². The molecular formula is C13H19IN2O2. The van der Waals surface area contributed by atoms with E-state index in [1.54, 1.807) is 0 Å². The number of carbonyl (C=O) groups is 1. The number of carbonyl (C=O) groups excluding carboxylic acids is 1. The first-order valence-corrected chi connectivity index (χ1v) is 6.84. The predicted molar refractivity (Wildman–Crippen MR) is 80.3 cm³/mol. The second kappa shape index (κ2) is 6.38. The Morgan fingerprint density at radius 3 is 2.72 bits per heavy atom. The molecule has 0 fully saturated rings. The summed E-state index contributed by atoms with van der Waals surface area (Å²) in [6.07, 6.45) is -0.441. The summed E-state index contributed by atoms with van der Waals surface area (Å²) in [6.45, 7) is 5.83. The first-order chi connectivity index (χ1) is 8.28. The molecular weight excluding hydrogens is 343 g/mol. The van der Waals surface area contributed by atoms with E-state index in [4.69, 9.17) is 10.5 Å². The molecule has 0 spiro atoms. The van der Waals surface area contributed by atoms with Crippen molar-refractivity contribution in [2.24, 2.45) is 5.73 Å². The van der Waals surface area contributed by atoms with Gasteiger partial charge in [0, 0.05) is 16.2 Å². The number of amides is 1. The van der Waals surface area contributed by atoms with Gasteiger partial charge in [-0.05, 0) is 61.1 Å². The highest BCUT2D eigenvalue weighted by molar-refractivity contribution is 14.1. The minimum absolute atomic E-state index is 0.229. The SMILES string of the molecule is CC(C)(C)OC(=O)NC[C@@H](N)c1cccc(I)c1. The summed E-state index contributed by atoms with van der Waals surface area (Å²) < 4.78 is 6.26.